The van der Waals surface area contributed by atoms with Crippen molar-refractivity contribution >= 4 is 11.9 Å². The van der Waals surface area contributed by atoms with Crippen molar-refractivity contribution in [1.29, 1.82) is 0 Å². The maximum Gasteiger partial charge on any atom is 0.375 e. The Morgan fingerprint density at radius 2 is 2.38 bits per heavy atom. The molecule has 13 heavy (non-hydrogen) atoms. The summed E-state index contributed by atoms with van der Waals surface area (Å²) in [5.74, 6) is 2.72. The van der Waals surface area contributed by atoms with Crippen molar-refractivity contribution in [2.45, 2.75) is 6.54 Å². The number of nitrogens with one attached hydrogen (secondary N) is 1. The molecule has 0 unspecified atom stereocenters. The van der Waals surface area contributed by atoms with Crippen LogP contribution in [0.4, 0.5) is 0 Å². The number of aromatic carboxylic acids is 1. The fourth-order valence-corrected chi connectivity index (χ4v) is 0.662. The largest absolute Gasteiger partial charge is 0.475 e. The molecule has 0 saturated carbocycles. The number of amides is 1. The molecular formula is C5H7N5O3. The molecule has 0 fully saturated rings. The van der Waals surface area contributed by atoms with E-state index < -0.39 is 11.9 Å². The van der Waals surface area contributed by atoms with E-state index >= 15 is 0 Å². The van der Waals surface area contributed by atoms with Crippen molar-refractivity contribution in [2.75, 3.05) is 0 Å². The highest BCUT2D eigenvalue weighted by molar-refractivity contribution is 5.82. The van der Waals surface area contributed by atoms with Crippen LogP contribution in [0.15, 0.2) is 6.33 Å². The zero-order valence-corrected chi connectivity index (χ0v) is 6.47. The summed E-state index contributed by atoms with van der Waals surface area (Å²) in [5, 5.41) is 11.9. The first-order valence-electron chi connectivity index (χ1n) is 3.25. The number of rotatable bonds is 3. The SMILES string of the molecule is NNC(=O)Cn1cnc(C(=O)O)n1. The third kappa shape index (κ3) is 2.24. The Hall–Kier alpha value is -1.96. The van der Waals surface area contributed by atoms with Crippen LogP contribution in [0, 0.1) is 0 Å². The number of hydrogen-bond donors (Lipinski definition) is 3. The second kappa shape index (κ2) is 3.63. The number of carboxylic acids is 1. The van der Waals surface area contributed by atoms with Crippen molar-refractivity contribution in [2.24, 2.45) is 5.84 Å². The van der Waals surface area contributed by atoms with Crippen LogP contribution < -0.4 is 11.3 Å². The molecule has 0 bridgehead atoms. The molecule has 1 rings (SSSR count). The van der Waals surface area contributed by atoms with E-state index in [1.54, 1.807) is 0 Å². The van der Waals surface area contributed by atoms with Gasteiger partial charge in [-0.15, -0.1) is 5.10 Å². The first kappa shape index (κ1) is 9.13. The monoisotopic (exact) mass is 185 g/mol. The highest BCUT2D eigenvalue weighted by atomic mass is 16.4. The molecule has 0 saturated heterocycles. The molecule has 0 aliphatic heterocycles. The van der Waals surface area contributed by atoms with Gasteiger partial charge < -0.3 is 5.11 Å². The summed E-state index contributed by atoms with van der Waals surface area (Å²) in [6.45, 7) is -0.156. The Morgan fingerprint density at radius 1 is 1.69 bits per heavy atom. The van der Waals surface area contributed by atoms with E-state index in [1.165, 1.54) is 0 Å². The summed E-state index contributed by atoms with van der Waals surface area (Å²) in [7, 11) is 0. The Labute approximate surface area is 72.3 Å². The Kier molecular flexibility index (Phi) is 2.55. The molecule has 0 radical (unpaired) electrons. The van der Waals surface area contributed by atoms with Gasteiger partial charge in [0.15, 0.2) is 0 Å². The van der Waals surface area contributed by atoms with Gasteiger partial charge in [-0.2, -0.15) is 0 Å². The lowest BCUT2D eigenvalue weighted by molar-refractivity contribution is -0.121. The van der Waals surface area contributed by atoms with Crippen LogP contribution in [0.5, 0.6) is 0 Å². The Morgan fingerprint density at radius 3 is 2.85 bits per heavy atom. The number of nitrogens with zero attached hydrogens (tertiary/aromatic N) is 3. The maximum absolute atomic E-state index is 10.7. The van der Waals surface area contributed by atoms with Crippen molar-refractivity contribution in [1.82, 2.24) is 20.2 Å². The summed E-state index contributed by atoms with van der Waals surface area (Å²) in [6.07, 6.45) is 1.14. The minimum atomic E-state index is -1.24. The van der Waals surface area contributed by atoms with Gasteiger partial charge in [0.2, 0.25) is 0 Å². The summed E-state index contributed by atoms with van der Waals surface area (Å²) in [4.78, 5) is 24.4. The van der Waals surface area contributed by atoms with Crippen LogP contribution in [0.25, 0.3) is 0 Å². The quantitative estimate of drug-likeness (QED) is 0.283. The van der Waals surface area contributed by atoms with E-state index in [-0.39, 0.29) is 12.4 Å². The topological polar surface area (TPSA) is 123 Å². The number of carbonyl (C=O) groups excluding carboxylic acids is 1. The van der Waals surface area contributed by atoms with Crippen LogP contribution in [0.3, 0.4) is 0 Å². The minimum absolute atomic E-state index is 0.156. The fraction of sp³-hybridized carbons (Fsp3) is 0.200. The molecule has 4 N–H and O–H groups in total. The van der Waals surface area contributed by atoms with Crippen LogP contribution in [-0.4, -0.2) is 31.7 Å². The van der Waals surface area contributed by atoms with Crippen molar-refractivity contribution in [3.05, 3.63) is 12.2 Å². The predicted octanol–water partition coefficient (Wildman–Crippen LogP) is -2.03. The lowest BCUT2D eigenvalue weighted by Crippen LogP contribution is -2.33. The number of nitrogens with two attached hydrogens (primary N) is 1. The molecule has 70 valence electrons. The van der Waals surface area contributed by atoms with Gasteiger partial charge in [0.05, 0.1) is 0 Å². The van der Waals surface area contributed by atoms with Crippen molar-refractivity contribution < 1.29 is 14.7 Å². The van der Waals surface area contributed by atoms with Crippen molar-refractivity contribution in [3.8, 4) is 0 Å². The lowest BCUT2D eigenvalue weighted by atomic mass is 10.6. The van der Waals surface area contributed by atoms with Crippen LogP contribution in [0.2, 0.25) is 0 Å². The highest BCUT2D eigenvalue weighted by Gasteiger charge is 2.09. The Balaban J connectivity index is 2.69. The molecule has 1 heterocycles. The Bertz CT molecular complexity index is 333. The van der Waals surface area contributed by atoms with Crippen LogP contribution >= 0.6 is 0 Å². The number of hydrogen-bond acceptors (Lipinski definition) is 5. The van der Waals surface area contributed by atoms with E-state index in [0.29, 0.717) is 0 Å². The van der Waals surface area contributed by atoms with E-state index in [9.17, 15) is 9.59 Å². The third-order valence-corrected chi connectivity index (χ3v) is 1.19. The molecule has 0 aromatic carbocycles. The average molecular weight is 185 g/mol. The van der Waals surface area contributed by atoms with Gasteiger partial charge in [-0.05, 0) is 0 Å². The molecule has 0 aliphatic carbocycles. The fourth-order valence-electron chi connectivity index (χ4n) is 0.662. The number of aromatic nitrogens is 3. The van der Waals surface area contributed by atoms with Gasteiger partial charge in [-0.3, -0.25) is 10.2 Å². The third-order valence-electron chi connectivity index (χ3n) is 1.19. The average Bonchev–Trinajstić information content (AvgIpc) is 2.52. The summed E-state index contributed by atoms with van der Waals surface area (Å²) in [5.41, 5.74) is 1.88. The first-order chi connectivity index (χ1) is 6.13. The van der Waals surface area contributed by atoms with E-state index in [1.807, 2.05) is 5.43 Å². The van der Waals surface area contributed by atoms with E-state index in [2.05, 4.69) is 10.1 Å². The molecule has 1 aromatic heterocycles. The lowest BCUT2D eigenvalue weighted by Gasteiger charge is -1.96. The molecule has 8 heteroatoms. The first-order valence-corrected chi connectivity index (χ1v) is 3.25. The zero-order chi connectivity index (χ0) is 9.84. The highest BCUT2D eigenvalue weighted by Crippen LogP contribution is 1.88. The predicted molar refractivity (Wildman–Crippen MR) is 39.3 cm³/mol. The molecule has 8 nitrogen and oxygen atoms in total. The van der Waals surface area contributed by atoms with Gasteiger partial charge in [0.1, 0.15) is 12.9 Å². The molecule has 0 spiro atoms. The summed E-state index contributed by atoms with van der Waals surface area (Å²) >= 11 is 0. The molecular weight excluding hydrogens is 178 g/mol. The number of carbonyl (C=O) groups is 2. The molecule has 1 aromatic rings. The standard InChI is InChI=1S/C5H7N5O3/c6-8-3(11)1-10-2-7-4(9-10)5(12)13/h2H,1,6H2,(H,8,11)(H,12,13). The van der Waals surface area contributed by atoms with Crippen molar-refractivity contribution in [3.63, 3.8) is 0 Å². The maximum atomic E-state index is 10.7. The van der Waals surface area contributed by atoms with Gasteiger partial charge in [-0.1, -0.05) is 0 Å². The molecule has 0 aliphatic rings. The summed E-state index contributed by atoms with van der Waals surface area (Å²) < 4.78 is 1.08. The van der Waals surface area contributed by atoms with Gasteiger partial charge in [0.25, 0.3) is 11.7 Å². The smallest absolute Gasteiger partial charge is 0.375 e. The molecule has 1 amide bonds. The normalized spacial score (nSPS) is 9.62. The second-order valence-corrected chi connectivity index (χ2v) is 2.14. The van der Waals surface area contributed by atoms with E-state index in [4.69, 9.17) is 10.9 Å². The number of hydrazine groups is 1. The van der Waals surface area contributed by atoms with Crippen LogP contribution in [-0.2, 0) is 11.3 Å². The summed E-state index contributed by atoms with van der Waals surface area (Å²) in [6, 6.07) is 0. The zero-order valence-electron chi connectivity index (χ0n) is 6.47. The minimum Gasteiger partial charge on any atom is -0.475 e. The van der Waals surface area contributed by atoms with Gasteiger partial charge in [0, 0.05) is 0 Å². The second-order valence-electron chi connectivity index (χ2n) is 2.14. The molecule has 0 atom stereocenters. The van der Waals surface area contributed by atoms with Crippen LogP contribution in [0.1, 0.15) is 10.6 Å². The number of carboxylic acid groups (broad SMARTS) is 1. The van der Waals surface area contributed by atoms with Gasteiger partial charge >= 0.3 is 5.97 Å². The van der Waals surface area contributed by atoms with Gasteiger partial charge in [-0.25, -0.2) is 20.3 Å². The van der Waals surface area contributed by atoms with E-state index in [0.717, 1.165) is 11.0 Å².